The molecule has 1 aromatic carbocycles. The third-order valence-corrected chi connectivity index (χ3v) is 4.83. The molecule has 2 atom stereocenters. The fraction of sp³-hybridized carbons (Fsp3) is 0.667. The maximum Gasteiger partial charge on any atom is 0.0415 e. The number of hydrogen-bond donors (Lipinski definition) is 1. The fourth-order valence-corrected chi connectivity index (χ4v) is 3.34. The lowest BCUT2D eigenvalue weighted by Gasteiger charge is -2.40. The van der Waals surface area contributed by atoms with Gasteiger partial charge in [-0.25, -0.2) is 0 Å². The first-order valence-corrected chi connectivity index (χ1v) is 8.62. The van der Waals surface area contributed by atoms with Gasteiger partial charge in [0.15, 0.2) is 0 Å². The molecule has 1 N–H and O–H groups in total. The summed E-state index contributed by atoms with van der Waals surface area (Å²) >= 11 is 6.22. The number of piperidine rings is 1. The standard InChI is InChI=1S/C18H29ClN2/c1-13(2)11-20-12-16-10-17(19)7-8-18(16)21-9-5-6-14(3)15(21)4/h7-8,10,13-15,20H,5-6,9,11-12H2,1-4H3. The molecule has 118 valence electrons. The minimum Gasteiger partial charge on any atom is -0.368 e. The topological polar surface area (TPSA) is 15.3 Å². The van der Waals surface area contributed by atoms with Gasteiger partial charge in [0.25, 0.3) is 0 Å². The lowest BCUT2D eigenvalue weighted by molar-refractivity contribution is 0.363. The molecule has 1 aliphatic rings. The Hall–Kier alpha value is -0.730. The molecule has 0 spiro atoms. The molecule has 2 nitrogen and oxygen atoms in total. The molecule has 1 aliphatic heterocycles. The van der Waals surface area contributed by atoms with E-state index in [4.69, 9.17) is 11.6 Å². The van der Waals surface area contributed by atoms with Gasteiger partial charge in [0.2, 0.25) is 0 Å². The molecule has 0 radical (unpaired) electrons. The number of nitrogens with one attached hydrogen (secondary N) is 1. The van der Waals surface area contributed by atoms with E-state index in [1.807, 2.05) is 6.07 Å². The predicted octanol–water partition coefficient (Wildman–Crippen LogP) is 4.71. The van der Waals surface area contributed by atoms with Crippen molar-refractivity contribution in [2.24, 2.45) is 11.8 Å². The van der Waals surface area contributed by atoms with E-state index in [1.165, 1.54) is 24.1 Å². The van der Waals surface area contributed by atoms with E-state index >= 15 is 0 Å². The van der Waals surface area contributed by atoms with Crippen molar-refractivity contribution in [2.45, 2.75) is 53.1 Å². The molecule has 0 aromatic heterocycles. The van der Waals surface area contributed by atoms with E-state index < -0.39 is 0 Å². The van der Waals surface area contributed by atoms with E-state index in [-0.39, 0.29) is 0 Å². The van der Waals surface area contributed by atoms with Crippen molar-refractivity contribution in [3.8, 4) is 0 Å². The molecule has 1 heterocycles. The van der Waals surface area contributed by atoms with Crippen molar-refractivity contribution in [1.82, 2.24) is 5.32 Å². The minimum atomic E-state index is 0.601. The average Bonchev–Trinajstić information content (AvgIpc) is 2.42. The van der Waals surface area contributed by atoms with Gasteiger partial charge in [-0.3, -0.25) is 0 Å². The van der Waals surface area contributed by atoms with Gasteiger partial charge in [-0.2, -0.15) is 0 Å². The van der Waals surface area contributed by atoms with E-state index in [0.717, 1.165) is 30.6 Å². The van der Waals surface area contributed by atoms with Gasteiger partial charge in [-0.05, 0) is 61.9 Å². The van der Waals surface area contributed by atoms with Crippen molar-refractivity contribution >= 4 is 17.3 Å². The highest BCUT2D eigenvalue weighted by Gasteiger charge is 2.26. The normalized spacial score (nSPS) is 22.9. The minimum absolute atomic E-state index is 0.601. The van der Waals surface area contributed by atoms with Gasteiger partial charge in [0.05, 0.1) is 0 Å². The Morgan fingerprint density at radius 1 is 1.33 bits per heavy atom. The lowest BCUT2D eigenvalue weighted by Crippen LogP contribution is -2.43. The zero-order valence-corrected chi connectivity index (χ0v) is 14.6. The largest absolute Gasteiger partial charge is 0.368 e. The summed E-state index contributed by atoms with van der Waals surface area (Å²) in [7, 11) is 0. The zero-order valence-electron chi connectivity index (χ0n) is 13.8. The molecule has 3 heteroatoms. The second-order valence-corrected chi connectivity index (χ2v) is 7.29. The molecule has 0 bridgehead atoms. The number of halogens is 1. The van der Waals surface area contributed by atoms with Crippen LogP contribution in [0.3, 0.4) is 0 Å². The summed E-state index contributed by atoms with van der Waals surface area (Å²) in [6.45, 7) is 12.3. The van der Waals surface area contributed by atoms with Crippen LogP contribution in [0.4, 0.5) is 5.69 Å². The van der Waals surface area contributed by atoms with E-state index in [0.29, 0.717) is 12.0 Å². The molecule has 1 aromatic rings. The van der Waals surface area contributed by atoms with Crippen LogP contribution in [0.1, 0.15) is 46.1 Å². The third kappa shape index (κ3) is 4.37. The van der Waals surface area contributed by atoms with Crippen LogP contribution in [-0.2, 0) is 6.54 Å². The van der Waals surface area contributed by atoms with Gasteiger partial charge >= 0.3 is 0 Å². The number of rotatable bonds is 5. The smallest absolute Gasteiger partial charge is 0.0415 e. The van der Waals surface area contributed by atoms with Crippen molar-refractivity contribution in [3.63, 3.8) is 0 Å². The summed E-state index contributed by atoms with van der Waals surface area (Å²) < 4.78 is 0. The first-order chi connectivity index (χ1) is 9.99. The Bertz CT molecular complexity index is 459. The lowest BCUT2D eigenvalue weighted by atomic mass is 9.91. The number of benzene rings is 1. The van der Waals surface area contributed by atoms with Crippen LogP contribution < -0.4 is 10.2 Å². The quantitative estimate of drug-likeness (QED) is 0.847. The Kier molecular flexibility index (Phi) is 5.95. The summed E-state index contributed by atoms with van der Waals surface area (Å²) in [5.74, 6) is 1.42. The SMILES string of the molecule is CC(C)CNCc1cc(Cl)ccc1N1CCCC(C)C1C. The van der Waals surface area contributed by atoms with Crippen LogP contribution in [0.25, 0.3) is 0 Å². The number of anilines is 1. The molecule has 21 heavy (non-hydrogen) atoms. The highest BCUT2D eigenvalue weighted by molar-refractivity contribution is 6.30. The summed E-state index contributed by atoms with van der Waals surface area (Å²) in [5, 5.41) is 4.38. The van der Waals surface area contributed by atoms with Crippen LogP contribution >= 0.6 is 11.6 Å². The van der Waals surface area contributed by atoms with Gasteiger partial charge in [0.1, 0.15) is 0 Å². The average molecular weight is 309 g/mol. The molecular weight excluding hydrogens is 280 g/mol. The van der Waals surface area contributed by atoms with E-state index in [9.17, 15) is 0 Å². The Morgan fingerprint density at radius 2 is 2.10 bits per heavy atom. The van der Waals surface area contributed by atoms with Gasteiger partial charge < -0.3 is 10.2 Å². The third-order valence-electron chi connectivity index (χ3n) is 4.59. The Balaban J connectivity index is 2.17. The van der Waals surface area contributed by atoms with Crippen LogP contribution in [0.15, 0.2) is 18.2 Å². The summed E-state index contributed by atoms with van der Waals surface area (Å²) in [6.07, 6.45) is 2.62. The highest BCUT2D eigenvalue weighted by atomic mass is 35.5. The van der Waals surface area contributed by atoms with Crippen LogP contribution in [0.2, 0.25) is 5.02 Å². The van der Waals surface area contributed by atoms with Crippen LogP contribution in [0, 0.1) is 11.8 Å². The summed E-state index contributed by atoms with van der Waals surface area (Å²) in [6, 6.07) is 6.94. The Labute approximate surface area is 134 Å². The van der Waals surface area contributed by atoms with E-state index in [2.05, 4.69) is 50.0 Å². The van der Waals surface area contributed by atoms with Crippen LogP contribution in [-0.4, -0.2) is 19.1 Å². The first kappa shape index (κ1) is 16.6. The summed E-state index contributed by atoms with van der Waals surface area (Å²) in [5.41, 5.74) is 2.68. The van der Waals surface area contributed by atoms with Crippen molar-refractivity contribution < 1.29 is 0 Å². The summed E-state index contributed by atoms with van der Waals surface area (Å²) in [4.78, 5) is 2.57. The van der Waals surface area contributed by atoms with Crippen LogP contribution in [0.5, 0.6) is 0 Å². The van der Waals surface area contributed by atoms with Crippen molar-refractivity contribution in [1.29, 1.82) is 0 Å². The molecule has 1 fully saturated rings. The molecule has 2 unspecified atom stereocenters. The highest BCUT2D eigenvalue weighted by Crippen LogP contribution is 2.32. The van der Waals surface area contributed by atoms with Gasteiger partial charge in [0, 0.05) is 29.8 Å². The van der Waals surface area contributed by atoms with Gasteiger partial charge in [-0.15, -0.1) is 0 Å². The second-order valence-electron chi connectivity index (χ2n) is 6.85. The monoisotopic (exact) mass is 308 g/mol. The first-order valence-electron chi connectivity index (χ1n) is 8.24. The second kappa shape index (κ2) is 7.51. The number of nitrogens with zero attached hydrogens (tertiary/aromatic N) is 1. The molecule has 1 saturated heterocycles. The zero-order chi connectivity index (χ0) is 15.4. The predicted molar refractivity (Wildman–Crippen MR) is 93.2 cm³/mol. The molecule has 0 saturated carbocycles. The Morgan fingerprint density at radius 3 is 2.81 bits per heavy atom. The molecular formula is C18H29ClN2. The molecule has 2 rings (SSSR count). The maximum absolute atomic E-state index is 6.22. The molecule has 0 amide bonds. The molecule has 0 aliphatic carbocycles. The van der Waals surface area contributed by atoms with Crippen molar-refractivity contribution in [3.05, 3.63) is 28.8 Å². The van der Waals surface area contributed by atoms with Gasteiger partial charge in [-0.1, -0.05) is 32.4 Å². The van der Waals surface area contributed by atoms with Crippen molar-refractivity contribution in [2.75, 3.05) is 18.0 Å². The van der Waals surface area contributed by atoms with E-state index in [1.54, 1.807) is 0 Å². The maximum atomic E-state index is 6.22. The fourth-order valence-electron chi connectivity index (χ4n) is 3.15. The number of hydrogen-bond acceptors (Lipinski definition) is 2.